The highest BCUT2D eigenvalue weighted by atomic mass is 19.2. The molecule has 1 atom stereocenters. The molecule has 1 unspecified atom stereocenters. The molecule has 0 saturated carbocycles. The molecule has 0 saturated heterocycles. The smallest absolute Gasteiger partial charge is 0.327 e. The molecule has 1 N–H and O–H groups in total. The number of carbonyl (C=O) groups is 1. The molecule has 1 aromatic carbocycles. The molecule has 0 bridgehead atoms. The van der Waals surface area contributed by atoms with Crippen LogP contribution in [0.2, 0.25) is 0 Å². The first-order chi connectivity index (χ1) is 9.11. The van der Waals surface area contributed by atoms with Crippen LogP contribution in [-0.4, -0.2) is 32.8 Å². The number of ether oxygens (including phenoxy) is 2. The molecular formula is C13H17F2NO3. The summed E-state index contributed by atoms with van der Waals surface area (Å²) in [4.78, 5) is 11.8. The number of rotatable bonds is 7. The number of hydrogen-bond donors (Lipinski definition) is 1. The Kier molecular flexibility index (Phi) is 6.38. The highest BCUT2D eigenvalue weighted by Crippen LogP contribution is 2.20. The van der Waals surface area contributed by atoms with Gasteiger partial charge in [-0.05, 0) is 13.0 Å². The average molecular weight is 273 g/mol. The summed E-state index contributed by atoms with van der Waals surface area (Å²) >= 11 is 0. The summed E-state index contributed by atoms with van der Waals surface area (Å²) in [5, 5.41) is 2.78. The maximum atomic E-state index is 13.7. The van der Waals surface area contributed by atoms with Gasteiger partial charge in [-0.3, -0.25) is 5.32 Å². The Hall–Kier alpha value is -1.53. The lowest BCUT2D eigenvalue weighted by atomic mass is 10.1. The normalized spacial score (nSPS) is 12.2. The second kappa shape index (κ2) is 7.81. The largest absolute Gasteiger partial charge is 0.465 e. The number of esters is 1. The van der Waals surface area contributed by atoms with E-state index in [1.54, 1.807) is 6.92 Å². The Morgan fingerprint density at radius 3 is 2.79 bits per heavy atom. The van der Waals surface area contributed by atoms with Crippen molar-refractivity contribution < 1.29 is 23.0 Å². The van der Waals surface area contributed by atoms with Gasteiger partial charge in [-0.2, -0.15) is 0 Å². The summed E-state index contributed by atoms with van der Waals surface area (Å²) in [7, 11) is 1.50. The third-order valence-electron chi connectivity index (χ3n) is 2.47. The minimum atomic E-state index is -1.05. The maximum absolute atomic E-state index is 13.7. The van der Waals surface area contributed by atoms with Gasteiger partial charge >= 0.3 is 5.97 Å². The Bertz CT molecular complexity index is 426. The predicted molar refractivity (Wildman–Crippen MR) is 65.6 cm³/mol. The second-order valence-corrected chi connectivity index (χ2v) is 3.78. The summed E-state index contributed by atoms with van der Waals surface area (Å²) in [5.41, 5.74) is -0.0745. The highest BCUT2D eigenvalue weighted by molar-refractivity contribution is 5.77. The van der Waals surface area contributed by atoms with Crippen molar-refractivity contribution in [2.24, 2.45) is 0 Å². The fourth-order valence-electron chi connectivity index (χ4n) is 1.59. The van der Waals surface area contributed by atoms with E-state index in [-0.39, 0.29) is 12.2 Å². The van der Waals surface area contributed by atoms with Crippen molar-refractivity contribution in [1.29, 1.82) is 0 Å². The molecule has 0 heterocycles. The van der Waals surface area contributed by atoms with Gasteiger partial charge in [0, 0.05) is 19.2 Å². The Morgan fingerprint density at radius 2 is 2.16 bits per heavy atom. The van der Waals surface area contributed by atoms with E-state index >= 15 is 0 Å². The van der Waals surface area contributed by atoms with Crippen LogP contribution < -0.4 is 5.32 Å². The second-order valence-electron chi connectivity index (χ2n) is 3.78. The monoisotopic (exact) mass is 273 g/mol. The van der Waals surface area contributed by atoms with Gasteiger partial charge in [-0.25, -0.2) is 13.6 Å². The van der Waals surface area contributed by atoms with Gasteiger partial charge in [0.25, 0.3) is 0 Å². The van der Waals surface area contributed by atoms with Crippen LogP contribution in [0.3, 0.4) is 0 Å². The van der Waals surface area contributed by atoms with Gasteiger partial charge in [0.15, 0.2) is 11.6 Å². The molecule has 6 heteroatoms. The van der Waals surface area contributed by atoms with Crippen molar-refractivity contribution in [3.63, 3.8) is 0 Å². The minimum absolute atomic E-state index is 0.0745. The summed E-state index contributed by atoms with van der Waals surface area (Å²) in [5.74, 6) is -2.70. The lowest BCUT2D eigenvalue weighted by Gasteiger charge is -2.18. The molecule has 106 valence electrons. The van der Waals surface area contributed by atoms with Crippen molar-refractivity contribution in [3.05, 3.63) is 35.4 Å². The van der Waals surface area contributed by atoms with Gasteiger partial charge < -0.3 is 9.47 Å². The molecule has 4 nitrogen and oxygen atoms in total. The summed E-state index contributed by atoms with van der Waals surface area (Å²) in [6.07, 6.45) is 0. The first kappa shape index (κ1) is 15.5. The topological polar surface area (TPSA) is 47.6 Å². The van der Waals surface area contributed by atoms with Gasteiger partial charge in [-0.15, -0.1) is 0 Å². The quantitative estimate of drug-likeness (QED) is 0.608. The molecule has 0 radical (unpaired) electrons. The molecule has 1 aromatic rings. The van der Waals surface area contributed by atoms with Gasteiger partial charge in [0.05, 0.1) is 13.2 Å². The van der Waals surface area contributed by atoms with Crippen molar-refractivity contribution in [2.75, 3.05) is 26.9 Å². The van der Waals surface area contributed by atoms with E-state index in [4.69, 9.17) is 9.47 Å². The van der Waals surface area contributed by atoms with Crippen LogP contribution in [0.4, 0.5) is 8.78 Å². The molecule has 0 amide bonds. The lowest BCUT2D eigenvalue weighted by molar-refractivity contribution is -0.146. The number of carbonyl (C=O) groups excluding carboxylic acids is 1. The fraction of sp³-hybridized carbons (Fsp3) is 0.462. The number of hydrogen-bond acceptors (Lipinski definition) is 4. The number of benzene rings is 1. The molecule has 0 spiro atoms. The zero-order valence-corrected chi connectivity index (χ0v) is 10.9. The highest BCUT2D eigenvalue weighted by Gasteiger charge is 2.25. The third kappa shape index (κ3) is 4.25. The van der Waals surface area contributed by atoms with E-state index in [2.05, 4.69) is 5.32 Å². The Balaban J connectivity index is 2.94. The van der Waals surface area contributed by atoms with Crippen LogP contribution in [0.15, 0.2) is 18.2 Å². The number of nitrogens with one attached hydrogen (secondary N) is 1. The van der Waals surface area contributed by atoms with Crippen molar-refractivity contribution in [3.8, 4) is 0 Å². The van der Waals surface area contributed by atoms with Crippen LogP contribution in [0.5, 0.6) is 0 Å². The molecule has 0 aliphatic heterocycles. The molecule has 1 rings (SSSR count). The lowest BCUT2D eigenvalue weighted by Crippen LogP contribution is -2.33. The fourth-order valence-corrected chi connectivity index (χ4v) is 1.59. The Morgan fingerprint density at radius 1 is 1.42 bits per heavy atom. The number of halogens is 2. The molecule has 0 aliphatic carbocycles. The van der Waals surface area contributed by atoms with E-state index < -0.39 is 23.6 Å². The average Bonchev–Trinajstić information content (AvgIpc) is 2.39. The number of methoxy groups -OCH3 is 1. The maximum Gasteiger partial charge on any atom is 0.327 e. The van der Waals surface area contributed by atoms with Gasteiger partial charge in [0.2, 0.25) is 0 Å². The summed E-state index contributed by atoms with van der Waals surface area (Å²) < 4.78 is 36.6. The van der Waals surface area contributed by atoms with Crippen molar-refractivity contribution in [1.82, 2.24) is 5.32 Å². The van der Waals surface area contributed by atoms with Crippen LogP contribution in [0.1, 0.15) is 18.5 Å². The molecule has 0 aliphatic rings. The van der Waals surface area contributed by atoms with Crippen molar-refractivity contribution >= 4 is 5.97 Å². The van der Waals surface area contributed by atoms with E-state index in [0.29, 0.717) is 13.2 Å². The van der Waals surface area contributed by atoms with Crippen LogP contribution in [-0.2, 0) is 14.3 Å². The minimum Gasteiger partial charge on any atom is -0.465 e. The van der Waals surface area contributed by atoms with E-state index in [9.17, 15) is 13.6 Å². The van der Waals surface area contributed by atoms with Crippen LogP contribution >= 0.6 is 0 Å². The van der Waals surface area contributed by atoms with E-state index in [1.165, 1.54) is 19.2 Å². The molecule has 19 heavy (non-hydrogen) atoms. The first-order valence-corrected chi connectivity index (χ1v) is 5.94. The van der Waals surface area contributed by atoms with Crippen LogP contribution in [0.25, 0.3) is 0 Å². The van der Waals surface area contributed by atoms with Crippen LogP contribution in [0, 0.1) is 11.6 Å². The Labute approximate surface area is 110 Å². The molecule has 0 aromatic heterocycles. The molecule has 0 fully saturated rings. The third-order valence-corrected chi connectivity index (χ3v) is 2.47. The molecular weight excluding hydrogens is 256 g/mol. The zero-order chi connectivity index (χ0) is 14.3. The summed E-state index contributed by atoms with van der Waals surface area (Å²) in [6, 6.07) is 2.64. The zero-order valence-electron chi connectivity index (χ0n) is 10.9. The van der Waals surface area contributed by atoms with E-state index in [0.717, 1.165) is 6.07 Å². The van der Waals surface area contributed by atoms with Crippen molar-refractivity contribution in [2.45, 2.75) is 13.0 Å². The standard InChI is InChI=1S/C13H17F2NO3/c1-3-19-13(17)12(16-7-8-18-2)9-5-4-6-10(14)11(9)15/h4-6,12,16H,3,7-8H2,1-2H3. The van der Waals surface area contributed by atoms with Gasteiger partial charge in [-0.1, -0.05) is 12.1 Å². The first-order valence-electron chi connectivity index (χ1n) is 5.94. The van der Waals surface area contributed by atoms with E-state index in [1.807, 2.05) is 0 Å². The SMILES string of the molecule is CCOC(=O)C(NCCOC)c1cccc(F)c1F. The summed E-state index contributed by atoms with van der Waals surface area (Å²) in [6.45, 7) is 2.47. The predicted octanol–water partition coefficient (Wildman–Crippen LogP) is 1.80. The van der Waals surface area contributed by atoms with Gasteiger partial charge in [0.1, 0.15) is 6.04 Å².